The molecule has 1 aromatic heterocycles. The molecule has 1 aromatic rings. The molecule has 0 fully saturated rings. The van der Waals surface area contributed by atoms with Crippen LogP contribution in [0.1, 0.15) is 25.3 Å². The van der Waals surface area contributed by atoms with Gasteiger partial charge in [-0.15, -0.1) is 0 Å². The Labute approximate surface area is 84.6 Å². The number of nitrogens with one attached hydrogen (secondary N) is 1. The molecule has 0 saturated carbocycles. The minimum Gasteiger partial charge on any atom is -0.377 e. The van der Waals surface area contributed by atoms with Crippen molar-refractivity contribution in [3.05, 3.63) is 17.5 Å². The Balaban J connectivity index is 2.04. The van der Waals surface area contributed by atoms with Gasteiger partial charge in [0.15, 0.2) is 0 Å². The van der Waals surface area contributed by atoms with Crippen molar-refractivity contribution in [2.75, 3.05) is 13.2 Å². The average molecular weight is 198 g/mol. The number of ether oxygens (including phenoxy) is 1. The fraction of sp³-hybridized carbons (Fsp3) is 0.700. The first-order valence-corrected chi connectivity index (χ1v) is 4.93. The average Bonchev–Trinajstić information content (AvgIpc) is 2.50. The van der Waals surface area contributed by atoms with Crippen LogP contribution in [0, 0.1) is 6.92 Å². The summed E-state index contributed by atoms with van der Waals surface area (Å²) in [6, 6.07) is 1.93. The first-order chi connectivity index (χ1) is 6.68. The van der Waals surface area contributed by atoms with Crippen molar-refractivity contribution in [1.82, 2.24) is 10.5 Å². The van der Waals surface area contributed by atoms with Gasteiger partial charge < -0.3 is 14.6 Å². The zero-order valence-corrected chi connectivity index (χ0v) is 9.04. The zero-order valence-electron chi connectivity index (χ0n) is 9.04. The molecule has 0 radical (unpaired) electrons. The number of hydrogen-bond donors (Lipinski definition) is 1. The second-order valence-corrected chi connectivity index (χ2v) is 3.53. The van der Waals surface area contributed by atoms with E-state index >= 15 is 0 Å². The lowest BCUT2D eigenvalue weighted by Gasteiger charge is -2.07. The van der Waals surface area contributed by atoms with Crippen molar-refractivity contribution >= 4 is 0 Å². The van der Waals surface area contributed by atoms with E-state index in [4.69, 9.17) is 9.26 Å². The summed E-state index contributed by atoms with van der Waals surface area (Å²) >= 11 is 0. The van der Waals surface area contributed by atoms with Crippen LogP contribution in [0.15, 0.2) is 10.6 Å². The summed E-state index contributed by atoms with van der Waals surface area (Å²) in [6.07, 6.45) is 0.297. The van der Waals surface area contributed by atoms with Crippen molar-refractivity contribution in [2.24, 2.45) is 0 Å². The summed E-state index contributed by atoms with van der Waals surface area (Å²) < 4.78 is 10.3. The van der Waals surface area contributed by atoms with Crippen molar-refractivity contribution in [3.63, 3.8) is 0 Å². The van der Waals surface area contributed by atoms with E-state index in [2.05, 4.69) is 10.5 Å². The molecule has 0 spiro atoms. The van der Waals surface area contributed by atoms with Crippen LogP contribution in [0.3, 0.4) is 0 Å². The molecule has 0 amide bonds. The summed E-state index contributed by atoms with van der Waals surface area (Å²) in [6.45, 7) is 8.25. The summed E-state index contributed by atoms with van der Waals surface area (Å²) in [5, 5.41) is 7.09. The van der Waals surface area contributed by atoms with Gasteiger partial charge in [0.2, 0.25) is 0 Å². The fourth-order valence-corrected chi connectivity index (χ4v) is 1.08. The van der Waals surface area contributed by atoms with Crippen LogP contribution in [-0.4, -0.2) is 24.4 Å². The molecule has 0 aliphatic carbocycles. The van der Waals surface area contributed by atoms with E-state index in [-0.39, 0.29) is 0 Å². The Morgan fingerprint density at radius 2 is 2.36 bits per heavy atom. The highest BCUT2D eigenvalue weighted by Gasteiger charge is 1.99. The number of rotatable bonds is 6. The molecule has 1 rings (SSSR count). The molecule has 80 valence electrons. The summed E-state index contributed by atoms with van der Waals surface area (Å²) in [5.41, 5.74) is 0.937. The van der Waals surface area contributed by atoms with Crippen molar-refractivity contribution in [1.29, 1.82) is 0 Å². The first-order valence-electron chi connectivity index (χ1n) is 4.93. The molecule has 1 N–H and O–H groups in total. The number of hydrogen-bond acceptors (Lipinski definition) is 4. The van der Waals surface area contributed by atoms with Crippen LogP contribution in [-0.2, 0) is 11.3 Å². The molecule has 0 aliphatic rings. The lowest BCUT2D eigenvalue weighted by atomic mass is 10.4. The first kappa shape index (κ1) is 11.2. The molecule has 4 nitrogen and oxygen atoms in total. The fourth-order valence-electron chi connectivity index (χ4n) is 1.08. The van der Waals surface area contributed by atoms with Crippen molar-refractivity contribution < 1.29 is 9.26 Å². The van der Waals surface area contributed by atoms with Crippen LogP contribution in [0.5, 0.6) is 0 Å². The second-order valence-electron chi connectivity index (χ2n) is 3.53. The van der Waals surface area contributed by atoms with E-state index in [1.807, 2.05) is 26.8 Å². The molecule has 1 heterocycles. The number of nitrogens with zero attached hydrogens (tertiary/aromatic N) is 1. The van der Waals surface area contributed by atoms with E-state index in [1.54, 1.807) is 0 Å². The Morgan fingerprint density at radius 1 is 1.57 bits per heavy atom. The third-order valence-electron chi connectivity index (χ3n) is 1.71. The van der Waals surface area contributed by atoms with Gasteiger partial charge in [0.1, 0.15) is 5.76 Å². The number of aromatic nitrogens is 1. The number of aryl methyl sites for hydroxylation is 1. The maximum absolute atomic E-state index is 5.38. The highest BCUT2D eigenvalue weighted by atomic mass is 16.5. The molecule has 0 bridgehead atoms. The van der Waals surface area contributed by atoms with Gasteiger partial charge in [-0.05, 0) is 20.8 Å². The maximum atomic E-state index is 5.38. The Hall–Kier alpha value is -0.870. The summed E-state index contributed by atoms with van der Waals surface area (Å²) in [5.74, 6) is 0.847. The quantitative estimate of drug-likeness (QED) is 0.704. The summed E-state index contributed by atoms with van der Waals surface area (Å²) in [4.78, 5) is 0. The SMILES string of the molecule is Cc1cc(CNCCOC(C)C)no1. The highest BCUT2D eigenvalue weighted by molar-refractivity contribution is 5.02. The van der Waals surface area contributed by atoms with Crippen LogP contribution in [0.2, 0.25) is 0 Å². The maximum Gasteiger partial charge on any atom is 0.133 e. The standard InChI is InChI=1S/C10H18N2O2/c1-8(2)13-5-4-11-7-10-6-9(3)14-12-10/h6,8,11H,4-5,7H2,1-3H3. The Bertz CT molecular complexity index is 258. The van der Waals surface area contributed by atoms with Gasteiger partial charge in [0, 0.05) is 19.2 Å². The predicted molar refractivity (Wildman–Crippen MR) is 54.0 cm³/mol. The molecule has 0 atom stereocenters. The van der Waals surface area contributed by atoms with Crippen molar-refractivity contribution in [3.8, 4) is 0 Å². The smallest absolute Gasteiger partial charge is 0.133 e. The van der Waals surface area contributed by atoms with E-state index in [9.17, 15) is 0 Å². The van der Waals surface area contributed by atoms with Crippen LogP contribution in [0.25, 0.3) is 0 Å². The lowest BCUT2D eigenvalue weighted by Crippen LogP contribution is -2.21. The van der Waals surface area contributed by atoms with Crippen LogP contribution < -0.4 is 5.32 Å². The molecule has 4 heteroatoms. The van der Waals surface area contributed by atoms with Gasteiger partial charge in [-0.2, -0.15) is 0 Å². The third-order valence-corrected chi connectivity index (χ3v) is 1.71. The topological polar surface area (TPSA) is 47.3 Å². The minimum absolute atomic E-state index is 0.297. The van der Waals surface area contributed by atoms with Gasteiger partial charge in [-0.25, -0.2) is 0 Å². The van der Waals surface area contributed by atoms with Crippen LogP contribution in [0.4, 0.5) is 0 Å². The van der Waals surface area contributed by atoms with Crippen molar-refractivity contribution in [2.45, 2.75) is 33.4 Å². The zero-order chi connectivity index (χ0) is 10.4. The second kappa shape index (κ2) is 5.78. The Kier molecular flexibility index (Phi) is 4.62. The minimum atomic E-state index is 0.297. The van der Waals surface area contributed by atoms with Gasteiger partial charge in [-0.1, -0.05) is 5.16 Å². The van der Waals surface area contributed by atoms with E-state index < -0.39 is 0 Å². The van der Waals surface area contributed by atoms with Gasteiger partial charge in [-0.3, -0.25) is 0 Å². The predicted octanol–water partition coefficient (Wildman–Crippen LogP) is 1.50. The van der Waals surface area contributed by atoms with Crippen LogP contribution >= 0.6 is 0 Å². The molecular formula is C10H18N2O2. The third kappa shape index (κ3) is 4.39. The highest BCUT2D eigenvalue weighted by Crippen LogP contribution is 2.00. The monoisotopic (exact) mass is 198 g/mol. The molecule has 0 aliphatic heterocycles. The normalized spacial score (nSPS) is 11.1. The lowest BCUT2D eigenvalue weighted by molar-refractivity contribution is 0.0806. The van der Waals surface area contributed by atoms with E-state index in [1.165, 1.54) is 0 Å². The summed E-state index contributed by atoms with van der Waals surface area (Å²) in [7, 11) is 0. The van der Waals surface area contributed by atoms with Gasteiger partial charge >= 0.3 is 0 Å². The largest absolute Gasteiger partial charge is 0.377 e. The van der Waals surface area contributed by atoms with Gasteiger partial charge in [0.25, 0.3) is 0 Å². The Morgan fingerprint density at radius 3 is 2.93 bits per heavy atom. The van der Waals surface area contributed by atoms with E-state index in [0.29, 0.717) is 6.10 Å². The molecule has 14 heavy (non-hydrogen) atoms. The molecule has 0 unspecified atom stereocenters. The molecule has 0 saturated heterocycles. The van der Waals surface area contributed by atoms with Gasteiger partial charge in [0.05, 0.1) is 18.4 Å². The molecular weight excluding hydrogens is 180 g/mol. The molecule has 0 aromatic carbocycles. The van der Waals surface area contributed by atoms with E-state index in [0.717, 1.165) is 31.2 Å².